The second kappa shape index (κ2) is 5.34. The van der Waals surface area contributed by atoms with Crippen molar-refractivity contribution in [3.63, 3.8) is 0 Å². The molecule has 2 heterocycles. The Kier molecular flexibility index (Phi) is 3.16. The van der Waals surface area contributed by atoms with Crippen LogP contribution in [0.4, 0.5) is 0 Å². The van der Waals surface area contributed by atoms with E-state index >= 15 is 0 Å². The minimum absolute atomic E-state index is 0.105. The molecule has 0 spiro atoms. The van der Waals surface area contributed by atoms with Gasteiger partial charge in [0.15, 0.2) is 0 Å². The minimum Gasteiger partial charge on any atom is -0.405 e. The summed E-state index contributed by atoms with van der Waals surface area (Å²) in [6, 6.07) is 15.0. The van der Waals surface area contributed by atoms with Crippen LogP contribution in [0.3, 0.4) is 0 Å². The monoisotopic (exact) mass is 320 g/mol. The lowest BCUT2D eigenvalue weighted by Crippen LogP contribution is -2.24. The largest absolute Gasteiger partial charge is 0.405 e. The fourth-order valence-corrected chi connectivity index (χ4v) is 2.97. The first-order valence-electron chi connectivity index (χ1n) is 7.38. The summed E-state index contributed by atoms with van der Waals surface area (Å²) in [5, 5.41) is 2.30. The number of nitrogens with one attached hydrogen (secondary N) is 2. The molecule has 2 aromatic carbocycles. The van der Waals surface area contributed by atoms with Crippen molar-refractivity contribution >= 4 is 21.9 Å². The Morgan fingerprint density at radius 2 is 1.67 bits per heavy atom. The summed E-state index contributed by atoms with van der Waals surface area (Å²) in [7, 11) is 0. The van der Waals surface area contributed by atoms with Crippen molar-refractivity contribution in [2.24, 2.45) is 0 Å². The van der Waals surface area contributed by atoms with Gasteiger partial charge in [-0.15, -0.1) is 0 Å². The highest BCUT2D eigenvalue weighted by Crippen LogP contribution is 2.22. The summed E-state index contributed by atoms with van der Waals surface area (Å²) in [6.07, 6.45) is 0.374. The number of hydrogen-bond donors (Lipinski definition) is 2. The third kappa shape index (κ3) is 2.34. The number of fused-ring (bicyclic) bond motifs is 2. The lowest BCUT2D eigenvalue weighted by molar-refractivity contribution is 0.545. The van der Waals surface area contributed by atoms with E-state index in [4.69, 9.17) is 4.42 Å². The van der Waals surface area contributed by atoms with Gasteiger partial charge in [0, 0.05) is 6.07 Å². The summed E-state index contributed by atoms with van der Waals surface area (Å²) in [5.74, 6) is 0. The normalized spacial score (nSPS) is 11.2. The topological polar surface area (TPSA) is 95.9 Å². The number of aromatic nitrogens is 2. The lowest BCUT2D eigenvalue weighted by atomic mass is 9.98. The third-order valence-corrected chi connectivity index (χ3v) is 3.98. The molecule has 4 rings (SSSR count). The Morgan fingerprint density at radius 3 is 2.54 bits per heavy atom. The van der Waals surface area contributed by atoms with Crippen molar-refractivity contribution < 1.29 is 4.42 Å². The van der Waals surface area contributed by atoms with Crippen LogP contribution in [0, 0.1) is 0 Å². The molecule has 0 saturated carbocycles. The predicted octanol–water partition coefficient (Wildman–Crippen LogP) is 1.91. The first-order chi connectivity index (χ1) is 11.6. The Morgan fingerprint density at radius 1 is 0.875 bits per heavy atom. The third-order valence-electron chi connectivity index (χ3n) is 3.98. The molecule has 0 saturated heterocycles. The van der Waals surface area contributed by atoms with Gasteiger partial charge in [-0.2, -0.15) is 0 Å². The van der Waals surface area contributed by atoms with Crippen LogP contribution in [-0.4, -0.2) is 9.97 Å². The van der Waals surface area contributed by atoms with Crippen LogP contribution in [0.5, 0.6) is 0 Å². The molecule has 0 radical (unpaired) electrons. The van der Waals surface area contributed by atoms with E-state index in [9.17, 15) is 14.4 Å². The Balaban J connectivity index is 1.99. The van der Waals surface area contributed by atoms with E-state index in [1.54, 1.807) is 0 Å². The van der Waals surface area contributed by atoms with Crippen molar-refractivity contribution in [3.8, 4) is 0 Å². The lowest BCUT2D eigenvalue weighted by Gasteiger charge is -2.08. The molecule has 0 amide bonds. The summed E-state index contributed by atoms with van der Waals surface area (Å²) in [4.78, 5) is 39.8. The maximum atomic E-state index is 12.1. The van der Waals surface area contributed by atoms with E-state index in [1.165, 1.54) is 6.07 Å². The molecular formula is C18H12N2O4. The first kappa shape index (κ1) is 14.2. The van der Waals surface area contributed by atoms with Gasteiger partial charge in [-0.25, -0.2) is 9.59 Å². The second-order valence-corrected chi connectivity index (χ2v) is 5.52. The molecule has 0 aliphatic carbocycles. The van der Waals surface area contributed by atoms with Crippen LogP contribution in [0.2, 0.25) is 0 Å². The van der Waals surface area contributed by atoms with Crippen molar-refractivity contribution in [1.82, 2.24) is 9.97 Å². The molecule has 4 aromatic rings. The SMILES string of the molecule is O=c1[nH]c(=O)c2c(Cc3cccc4ccccc34)cc(=O)oc2[nH]1. The van der Waals surface area contributed by atoms with Crippen LogP contribution < -0.4 is 16.9 Å². The van der Waals surface area contributed by atoms with Gasteiger partial charge < -0.3 is 4.42 Å². The quantitative estimate of drug-likeness (QED) is 0.590. The zero-order valence-corrected chi connectivity index (χ0v) is 12.5. The van der Waals surface area contributed by atoms with Crippen molar-refractivity contribution in [3.05, 3.63) is 90.9 Å². The standard InChI is InChI=1S/C18H12N2O4/c21-14-9-12(15-16(22)19-18(23)20-17(15)24-14)8-11-6-3-5-10-4-1-2-7-13(10)11/h1-7,9H,8H2,(H2,19,20,22,23). The first-order valence-corrected chi connectivity index (χ1v) is 7.38. The highest BCUT2D eigenvalue weighted by molar-refractivity contribution is 5.86. The maximum Gasteiger partial charge on any atom is 0.337 e. The van der Waals surface area contributed by atoms with E-state index in [1.807, 2.05) is 42.5 Å². The molecule has 0 aliphatic rings. The Hall–Kier alpha value is -3.41. The van der Waals surface area contributed by atoms with Crippen LogP contribution in [0.1, 0.15) is 11.1 Å². The van der Waals surface area contributed by atoms with Gasteiger partial charge in [0.25, 0.3) is 5.56 Å². The molecule has 2 N–H and O–H groups in total. The predicted molar refractivity (Wildman–Crippen MR) is 90.5 cm³/mol. The number of aromatic amines is 2. The van der Waals surface area contributed by atoms with E-state index in [0.29, 0.717) is 12.0 Å². The molecule has 0 atom stereocenters. The van der Waals surface area contributed by atoms with E-state index in [2.05, 4.69) is 9.97 Å². The average Bonchev–Trinajstić information content (AvgIpc) is 2.54. The van der Waals surface area contributed by atoms with Crippen LogP contribution in [-0.2, 0) is 6.42 Å². The molecule has 0 fully saturated rings. The molecule has 24 heavy (non-hydrogen) atoms. The summed E-state index contributed by atoms with van der Waals surface area (Å²) < 4.78 is 4.96. The average molecular weight is 320 g/mol. The fourth-order valence-electron chi connectivity index (χ4n) is 2.97. The molecular weight excluding hydrogens is 308 g/mol. The molecule has 2 aromatic heterocycles. The zero-order chi connectivity index (χ0) is 16.7. The van der Waals surface area contributed by atoms with Gasteiger partial charge >= 0.3 is 11.3 Å². The van der Waals surface area contributed by atoms with Gasteiger partial charge in [0.1, 0.15) is 5.39 Å². The fraction of sp³-hybridized carbons (Fsp3) is 0.0556. The minimum atomic E-state index is -0.710. The number of H-pyrrole nitrogens is 2. The summed E-state index contributed by atoms with van der Waals surface area (Å²) in [5.41, 5.74) is -0.517. The maximum absolute atomic E-state index is 12.1. The highest BCUT2D eigenvalue weighted by atomic mass is 16.4. The van der Waals surface area contributed by atoms with Gasteiger partial charge in [-0.1, -0.05) is 42.5 Å². The van der Waals surface area contributed by atoms with Crippen LogP contribution in [0.25, 0.3) is 21.9 Å². The molecule has 0 unspecified atom stereocenters. The number of rotatable bonds is 2. The van der Waals surface area contributed by atoms with Crippen LogP contribution >= 0.6 is 0 Å². The van der Waals surface area contributed by atoms with E-state index in [0.717, 1.165) is 16.3 Å². The van der Waals surface area contributed by atoms with Crippen molar-refractivity contribution in [2.75, 3.05) is 0 Å². The molecule has 6 heteroatoms. The smallest absolute Gasteiger partial charge is 0.337 e. The molecule has 0 bridgehead atoms. The van der Waals surface area contributed by atoms with E-state index in [-0.39, 0.29) is 11.1 Å². The Bertz CT molecular complexity index is 1240. The summed E-state index contributed by atoms with van der Waals surface area (Å²) >= 11 is 0. The summed E-state index contributed by atoms with van der Waals surface area (Å²) in [6.45, 7) is 0. The van der Waals surface area contributed by atoms with Gasteiger partial charge in [-0.3, -0.25) is 14.8 Å². The second-order valence-electron chi connectivity index (χ2n) is 5.52. The van der Waals surface area contributed by atoms with Crippen molar-refractivity contribution in [2.45, 2.75) is 6.42 Å². The highest BCUT2D eigenvalue weighted by Gasteiger charge is 2.12. The van der Waals surface area contributed by atoms with E-state index < -0.39 is 16.9 Å². The molecule has 118 valence electrons. The number of hydrogen-bond acceptors (Lipinski definition) is 4. The Labute approximate surface area is 134 Å². The van der Waals surface area contributed by atoms with Gasteiger partial charge in [0.2, 0.25) is 5.71 Å². The van der Waals surface area contributed by atoms with Gasteiger partial charge in [0.05, 0.1) is 0 Å². The number of benzene rings is 2. The van der Waals surface area contributed by atoms with Gasteiger partial charge in [-0.05, 0) is 28.3 Å². The van der Waals surface area contributed by atoms with Crippen LogP contribution in [0.15, 0.2) is 67.3 Å². The van der Waals surface area contributed by atoms with Crippen molar-refractivity contribution in [1.29, 1.82) is 0 Å². The zero-order valence-electron chi connectivity index (χ0n) is 12.5. The molecule has 0 aliphatic heterocycles. The molecule has 6 nitrogen and oxygen atoms in total.